The minimum Gasteiger partial charge on any atom is -0.480 e. The number of carboxylic acids is 1. The lowest BCUT2D eigenvalue weighted by Gasteiger charge is -2.41. The molecule has 5 amide bonds. The van der Waals surface area contributed by atoms with E-state index >= 15 is 0 Å². The highest BCUT2D eigenvalue weighted by Crippen LogP contribution is 2.30. The molecule has 9 atom stereocenters. The van der Waals surface area contributed by atoms with E-state index in [2.05, 4.69) is 10.6 Å². The molecule has 322 valence electrons. The van der Waals surface area contributed by atoms with E-state index in [9.17, 15) is 33.9 Å². The van der Waals surface area contributed by atoms with Gasteiger partial charge in [-0.15, -0.1) is 0 Å². The van der Waals surface area contributed by atoms with Crippen LogP contribution in [0, 0.1) is 23.7 Å². The average molecular weight is 804 g/mol. The van der Waals surface area contributed by atoms with Gasteiger partial charge in [0.15, 0.2) is 0 Å². The second-order valence-electron chi connectivity index (χ2n) is 15.9. The van der Waals surface area contributed by atoms with Crippen molar-refractivity contribution in [3.8, 4) is 0 Å². The van der Waals surface area contributed by atoms with Crippen LogP contribution in [0.1, 0.15) is 86.6 Å². The minimum atomic E-state index is -1.15. The fraction of sp³-hybridized carbons (Fsp3) is 0.714. The van der Waals surface area contributed by atoms with Crippen molar-refractivity contribution in [1.29, 1.82) is 0 Å². The maximum Gasteiger partial charge on any atom is 0.410 e. The standard InChI is InChI=1S/C42H69N5O10/c1-13-27(7)36(45(9)40(51)34(25(3)4)44-39(50)35(26(5)6)46(10)42(54)57-14-2)32(55-11)24-33(48)47-22-18-21-31(47)37(56-12)28(8)38(49)43-30(41(52)53)23-29-19-16-15-17-20-29/h15-17,19-20,25-28,30-32,34-37H,13-14,18,21-24H2,1-12H3,(H,43,49)(H,44,50)(H,52,53)/t27-,28+,30-,31-,32+,34-,35-,36?,37+/m0/s1. The maximum atomic E-state index is 14.3. The number of carboxylic acid groups (broad SMARTS) is 1. The van der Waals surface area contributed by atoms with Gasteiger partial charge >= 0.3 is 12.1 Å². The van der Waals surface area contributed by atoms with Gasteiger partial charge in [-0.2, -0.15) is 0 Å². The molecule has 1 aliphatic heterocycles. The van der Waals surface area contributed by atoms with Gasteiger partial charge in [0, 0.05) is 41.3 Å². The van der Waals surface area contributed by atoms with Crippen molar-refractivity contribution in [2.24, 2.45) is 23.7 Å². The Bertz CT molecular complexity index is 1480. The zero-order valence-corrected chi connectivity index (χ0v) is 36.2. The molecule has 0 radical (unpaired) electrons. The van der Waals surface area contributed by atoms with Gasteiger partial charge in [0.1, 0.15) is 18.1 Å². The highest BCUT2D eigenvalue weighted by Gasteiger charge is 2.43. The number of rotatable bonds is 22. The van der Waals surface area contributed by atoms with Crippen molar-refractivity contribution in [3.05, 3.63) is 35.9 Å². The van der Waals surface area contributed by atoms with Gasteiger partial charge in [-0.1, -0.05) is 85.2 Å². The van der Waals surface area contributed by atoms with Crippen molar-refractivity contribution in [3.63, 3.8) is 0 Å². The van der Waals surface area contributed by atoms with Crippen LogP contribution < -0.4 is 10.6 Å². The molecule has 1 fully saturated rings. The van der Waals surface area contributed by atoms with Crippen LogP contribution in [0.5, 0.6) is 0 Å². The van der Waals surface area contributed by atoms with Gasteiger partial charge in [-0.3, -0.25) is 24.1 Å². The average Bonchev–Trinajstić information content (AvgIpc) is 3.66. The second-order valence-corrected chi connectivity index (χ2v) is 15.9. The van der Waals surface area contributed by atoms with E-state index in [0.717, 1.165) is 5.56 Å². The predicted molar refractivity (Wildman–Crippen MR) is 216 cm³/mol. The third-order valence-electron chi connectivity index (χ3n) is 11.3. The Balaban J connectivity index is 2.29. The van der Waals surface area contributed by atoms with E-state index < -0.39 is 72.2 Å². The fourth-order valence-electron chi connectivity index (χ4n) is 7.90. The lowest BCUT2D eigenvalue weighted by Crippen LogP contribution is -2.60. The number of amides is 5. The van der Waals surface area contributed by atoms with Crippen molar-refractivity contribution in [2.75, 3.05) is 41.5 Å². The lowest BCUT2D eigenvalue weighted by atomic mass is 9.89. The molecule has 1 aromatic carbocycles. The van der Waals surface area contributed by atoms with Gasteiger partial charge in [-0.05, 0) is 43.1 Å². The summed E-state index contributed by atoms with van der Waals surface area (Å²) < 4.78 is 17.0. The van der Waals surface area contributed by atoms with Crippen molar-refractivity contribution < 1.29 is 48.1 Å². The van der Waals surface area contributed by atoms with E-state index in [-0.39, 0.29) is 49.0 Å². The number of carbonyl (C=O) groups excluding carboxylic acids is 5. The number of aliphatic carboxylic acids is 1. The van der Waals surface area contributed by atoms with Crippen molar-refractivity contribution in [2.45, 2.75) is 130 Å². The third kappa shape index (κ3) is 13.1. The molecule has 0 saturated carbocycles. The summed E-state index contributed by atoms with van der Waals surface area (Å²) in [6.45, 7) is 15.2. The predicted octanol–water partition coefficient (Wildman–Crippen LogP) is 3.97. The second kappa shape index (κ2) is 23.2. The van der Waals surface area contributed by atoms with Crippen molar-refractivity contribution in [1.82, 2.24) is 25.3 Å². The van der Waals surface area contributed by atoms with Crippen LogP contribution in [0.2, 0.25) is 0 Å². The van der Waals surface area contributed by atoms with Crippen LogP contribution in [0.15, 0.2) is 30.3 Å². The monoisotopic (exact) mass is 804 g/mol. The highest BCUT2D eigenvalue weighted by atomic mass is 16.6. The number of hydrogen-bond donors (Lipinski definition) is 3. The number of ether oxygens (including phenoxy) is 3. The van der Waals surface area contributed by atoms with Gasteiger partial charge in [-0.25, -0.2) is 9.59 Å². The molecule has 0 aromatic heterocycles. The molecule has 1 aliphatic rings. The summed E-state index contributed by atoms with van der Waals surface area (Å²) in [6.07, 6.45) is -0.0960. The first-order chi connectivity index (χ1) is 26.9. The molecule has 0 bridgehead atoms. The van der Waals surface area contributed by atoms with E-state index in [1.165, 1.54) is 26.2 Å². The number of likely N-dealkylation sites (tertiary alicyclic amines) is 1. The first kappa shape index (κ1) is 48.9. The molecule has 1 aromatic rings. The van der Waals surface area contributed by atoms with Crippen LogP contribution in [-0.2, 0) is 44.6 Å². The van der Waals surface area contributed by atoms with Crippen LogP contribution in [0.4, 0.5) is 4.79 Å². The Kier molecular flexibility index (Phi) is 19.9. The number of likely N-dealkylation sites (N-methyl/N-ethyl adjacent to an activating group) is 2. The number of benzene rings is 1. The Morgan fingerprint density at radius 1 is 0.877 bits per heavy atom. The summed E-state index contributed by atoms with van der Waals surface area (Å²) in [5, 5.41) is 15.5. The highest BCUT2D eigenvalue weighted by molar-refractivity contribution is 5.92. The molecule has 15 nitrogen and oxygen atoms in total. The normalized spacial score (nSPS) is 18.4. The van der Waals surface area contributed by atoms with Crippen LogP contribution >= 0.6 is 0 Å². The zero-order chi connectivity index (χ0) is 43.1. The summed E-state index contributed by atoms with van der Waals surface area (Å²) in [6, 6.07) is 5.07. The molecule has 0 spiro atoms. The number of nitrogens with one attached hydrogen (secondary N) is 2. The molecular weight excluding hydrogens is 734 g/mol. The summed E-state index contributed by atoms with van der Waals surface area (Å²) in [5.74, 6) is -4.19. The van der Waals surface area contributed by atoms with Gasteiger partial charge in [0.05, 0.1) is 43.2 Å². The van der Waals surface area contributed by atoms with E-state index in [4.69, 9.17) is 14.2 Å². The number of methoxy groups -OCH3 is 2. The Hall–Kier alpha value is -4.24. The third-order valence-corrected chi connectivity index (χ3v) is 11.3. The molecule has 1 heterocycles. The Morgan fingerprint density at radius 3 is 2.02 bits per heavy atom. The Labute approximate surface area is 339 Å². The molecule has 1 saturated heterocycles. The molecule has 3 N–H and O–H groups in total. The van der Waals surface area contributed by atoms with Crippen LogP contribution in [0.3, 0.4) is 0 Å². The summed E-state index contributed by atoms with van der Waals surface area (Å²) in [5.41, 5.74) is 0.771. The SMILES string of the molecule is CCOC(=O)N(C)[C@H](C(=O)N[C@H](C(=O)N(C)C([C@@H](C)CC)[C@@H](CC(=O)N1CCC[C@H]1[C@H](OC)[C@@H](C)C(=O)N[C@@H](Cc1ccccc1)C(=O)O)OC)C(C)C)C(C)C. The minimum absolute atomic E-state index is 0.0622. The smallest absolute Gasteiger partial charge is 0.410 e. The lowest BCUT2D eigenvalue weighted by molar-refractivity contribution is -0.148. The molecule has 57 heavy (non-hydrogen) atoms. The van der Waals surface area contributed by atoms with Crippen LogP contribution in [-0.4, -0.2) is 139 Å². The summed E-state index contributed by atoms with van der Waals surface area (Å²) >= 11 is 0. The maximum absolute atomic E-state index is 14.3. The van der Waals surface area contributed by atoms with Crippen LogP contribution in [0.25, 0.3) is 0 Å². The Morgan fingerprint density at radius 2 is 1.51 bits per heavy atom. The summed E-state index contributed by atoms with van der Waals surface area (Å²) in [4.78, 5) is 85.0. The van der Waals surface area contributed by atoms with Gasteiger partial charge < -0.3 is 39.8 Å². The number of hydrogen-bond acceptors (Lipinski definition) is 9. The zero-order valence-electron chi connectivity index (χ0n) is 36.2. The van der Waals surface area contributed by atoms with E-state index in [0.29, 0.717) is 25.8 Å². The number of carbonyl (C=O) groups is 6. The first-order valence-corrected chi connectivity index (χ1v) is 20.2. The van der Waals surface area contributed by atoms with E-state index in [1.807, 2.05) is 59.7 Å². The van der Waals surface area contributed by atoms with Gasteiger partial charge in [0.2, 0.25) is 23.6 Å². The van der Waals surface area contributed by atoms with E-state index in [1.54, 1.807) is 42.8 Å². The number of nitrogens with zero attached hydrogens (tertiary/aromatic N) is 3. The fourth-order valence-corrected chi connectivity index (χ4v) is 7.90. The molecular formula is C42H69N5O10. The van der Waals surface area contributed by atoms with Gasteiger partial charge in [0.25, 0.3) is 0 Å². The molecule has 2 rings (SSSR count). The largest absolute Gasteiger partial charge is 0.480 e. The molecule has 0 aliphatic carbocycles. The molecule has 15 heteroatoms. The first-order valence-electron chi connectivity index (χ1n) is 20.2. The quantitative estimate of drug-likeness (QED) is 0.155. The summed E-state index contributed by atoms with van der Waals surface area (Å²) in [7, 11) is 6.14. The molecule has 1 unspecified atom stereocenters. The van der Waals surface area contributed by atoms with Crippen molar-refractivity contribution >= 4 is 35.7 Å². The topological polar surface area (TPSA) is 184 Å².